The van der Waals surface area contributed by atoms with E-state index in [1.54, 1.807) is 13.8 Å². The number of hydrogen-bond acceptors (Lipinski definition) is 5. The van der Waals surface area contributed by atoms with Gasteiger partial charge in [0, 0.05) is 19.7 Å². The fraction of sp³-hybridized carbons (Fsp3) is 0.583. The quantitative estimate of drug-likeness (QED) is 0.744. The van der Waals surface area contributed by atoms with Gasteiger partial charge in [0.1, 0.15) is 17.1 Å². The van der Waals surface area contributed by atoms with Gasteiger partial charge in [-0.25, -0.2) is 23.5 Å². The highest BCUT2D eigenvalue weighted by Gasteiger charge is 2.22. The summed E-state index contributed by atoms with van der Waals surface area (Å²) in [6.07, 6.45) is -1.69. The maximum Gasteiger partial charge on any atom is 0.341 e. The van der Waals surface area contributed by atoms with Crippen LogP contribution in [0.25, 0.3) is 0 Å². The molecule has 0 fully saturated rings. The van der Waals surface area contributed by atoms with Crippen LogP contribution in [0.4, 0.5) is 8.78 Å². The van der Waals surface area contributed by atoms with Gasteiger partial charge in [-0.15, -0.1) is 0 Å². The molecule has 0 radical (unpaired) electrons. The van der Waals surface area contributed by atoms with Gasteiger partial charge in [0.05, 0.1) is 12.7 Å². The first-order valence-corrected chi connectivity index (χ1v) is 5.83. The fourth-order valence-corrected chi connectivity index (χ4v) is 1.40. The molecule has 0 N–H and O–H groups in total. The maximum atomic E-state index is 12.9. The van der Waals surface area contributed by atoms with Crippen LogP contribution in [0.2, 0.25) is 0 Å². The lowest BCUT2D eigenvalue weighted by Crippen LogP contribution is -2.16. The Morgan fingerprint density at radius 3 is 2.68 bits per heavy atom. The van der Waals surface area contributed by atoms with Crippen molar-refractivity contribution in [1.82, 2.24) is 9.97 Å². The number of rotatable bonds is 6. The second-order valence-electron chi connectivity index (χ2n) is 3.86. The van der Waals surface area contributed by atoms with Crippen molar-refractivity contribution in [3.63, 3.8) is 0 Å². The molecule has 0 aromatic carbocycles. The number of esters is 1. The highest BCUT2D eigenvalue weighted by Crippen LogP contribution is 2.21. The minimum absolute atomic E-state index is 0.101. The molecule has 1 unspecified atom stereocenters. The normalized spacial score (nSPS) is 12.5. The third-order valence-corrected chi connectivity index (χ3v) is 2.44. The Morgan fingerprint density at radius 1 is 1.47 bits per heavy atom. The molecule has 0 amide bonds. The van der Waals surface area contributed by atoms with Crippen LogP contribution in [0, 0.1) is 0 Å². The predicted octanol–water partition coefficient (Wildman–Crippen LogP) is 2.17. The third-order valence-electron chi connectivity index (χ3n) is 2.44. The average molecular weight is 274 g/mol. The van der Waals surface area contributed by atoms with Gasteiger partial charge >= 0.3 is 5.97 Å². The molecule has 0 saturated carbocycles. The first-order valence-electron chi connectivity index (χ1n) is 5.83. The zero-order valence-electron chi connectivity index (χ0n) is 11.0. The summed E-state index contributed by atoms with van der Waals surface area (Å²) in [6.45, 7) is 3.46. The summed E-state index contributed by atoms with van der Waals surface area (Å²) in [5, 5.41) is 0. The Morgan fingerprint density at radius 2 is 2.16 bits per heavy atom. The Hall–Kier alpha value is -1.63. The SMILES string of the molecule is CCOC(=O)c1cnc(CC(C)OC)nc1C(F)F. The molecule has 1 atom stereocenters. The van der Waals surface area contributed by atoms with Crippen molar-refractivity contribution in [2.45, 2.75) is 32.8 Å². The Kier molecular flexibility index (Phi) is 5.75. The first-order chi connectivity index (χ1) is 8.99. The number of halogens is 2. The van der Waals surface area contributed by atoms with Crippen LogP contribution in [-0.2, 0) is 15.9 Å². The van der Waals surface area contributed by atoms with Gasteiger partial charge in [0.25, 0.3) is 6.43 Å². The highest BCUT2D eigenvalue weighted by atomic mass is 19.3. The van der Waals surface area contributed by atoms with Gasteiger partial charge in [0.2, 0.25) is 0 Å². The lowest BCUT2D eigenvalue weighted by atomic mass is 10.2. The second-order valence-corrected chi connectivity index (χ2v) is 3.86. The first kappa shape index (κ1) is 15.4. The summed E-state index contributed by atoms with van der Waals surface area (Å²) in [7, 11) is 1.51. The summed E-state index contributed by atoms with van der Waals surface area (Å²) in [4.78, 5) is 19.1. The minimum Gasteiger partial charge on any atom is -0.462 e. The molecule has 7 heteroatoms. The van der Waals surface area contributed by atoms with Crippen molar-refractivity contribution in [3.8, 4) is 0 Å². The number of aromatic nitrogens is 2. The van der Waals surface area contributed by atoms with E-state index < -0.39 is 18.1 Å². The van der Waals surface area contributed by atoms with Crippen molar-refractivity contribution in [2.75, 3.05) is 13.7 Å². The summed E-state index contributed by atoms with van der Waals surface area (Å²) < 4.78 is 35.5. The van der Waals surface area contributed by atoms with Gasteiger partial charge in [-0.1, -0.05) is 0 Å². The summed E-state index contributed by atoms with van der Waals surface area (Å²) >= 11 is 0. The van der Waals surface area contributed by atoms with E-state index >= 15 is 0 Å². The lowest BCUT2D eigenvalue weighted by molar-refractivity contribution is 0.0512. The number of carbonyl (C=O) groups excluding carboxylic acids is 1. The monoisotopic (exact) mass is 274 g/mol. The van der Waals surface area contributed by atoms with Crippen LogP contribution in [0.5, 0.6) is 0 Å². The van der Waals surface area contributed by atoms with E-state index in [0.29, 0.717) is 6.42 Å². The van der Waals surface area contributed by atoms with Crippen LogP contribution < -0.4 is 0 Å². The van der Waals surface area contributed by atoms with Gasteiger partial charge in [-0.3, -0.25) is 0 Å². The van der Waals surface area contributed by atoms with Crippen LogP contribution in [0.3, 0.4) is 0 Å². The third kappa shape index (κ3) is 4.20. The van der Waals surface area contributed by atoms with Crippen LogP contribution in [-0.4, -0.2) is 35.8 Å². The van der Waals surface area contributed by atoms with Crippen LogP contribution in [0.15, 0.2) is 6.20 Å². The molecule has 0 aliphatic carbocycles. The standard InChI is InChI=1S/C12H16F2N2O3/c1-4-19-12(17)8-6-15-9(5-7(2)18-3)16-10(8)11(13)14/h6-7,11H,4-5H2,1-3H3. The molecular formula is C12H16F2N2O3. The number of nitrogens with zero attached hydrogens (tertiary/aromatic N) is 2. The summed E-state index contributed by atoms with van der Waals surface area (Å²) in [5.74, 6) is -0.637. The van der Waals surface area contributed by atoms with E-state index in [4.69, 9.17) is 4.74 Å². The Balaban J connectivity index is 3.04. The largest absolute Gasteiger partial charge is 0.462 e. The molecular weight excluding hydrogens is 258 g/mol. The molecule has 1 aromatic heterocycles. The van der Waals surface area contributed by atoms with E-state index in [1.807, 2.05) is 0 Å². The summed E-state index contributed by atoms with van der Waals surface area (Å²) in [6, 6.07) is 0. The molecule has 1 heterocycles. The van der Waals surface area contributed by atoms with Crippen molar-refractivity contribution in [1.29, 1.82) is 0 Å². The second kappa shape index (κ2) is 7.08. The number of carbonyl (C=O) groups is 1. The van der Waals surface area contributed by atoms with E-state index in [9.17, 15) is 13.6 Å². The van der Waals surface area contributed by atoms with Crippen LogP contribution >= 0.6 is 0 Å². The molecule has 0 saturated heterocycles. The fourth-order valence-electron chi connectivity index (χ4n) is 1.40. The number of alkyl halides is 2. The molecule has 0 aliphatic rings. The molecule has 0 bridgehead atoms. The predicted molar refractivity (Wildman–Crippen MR) is 63.1 cm³/mol. The number of ether oxygens (including phenoxy) is 2. The van der Waals surface area contributed by atoms with Crippen molar-refractivity contribution < 1.29 is 23.0 Å². The molecule has 106 valence electrons. The van der Waals surface area contributed by atoms with E-state index in [0.717, 1.165) is 6.20 Å². The highest BCUT2D eigenvalue weighted by molar-refractivity contribution is 5.90. The Bertz CT molecular complexity index is 441. The van der Waals surface area contributed by atoms with E-state index in [-0.39, 0.29) is 24.1 Å². The zero-order valence-corrected chi connectivity index (χ0v) is 11.0. The molecule has 0 aliphatic heterocycles. The van der Waals surface area contributed by atoms with E-state index in [1.165, 1.54) is 7.11 Å². The molecule has 19 heavy (non-hydrogen) atoms. The van der Waals surface area contributed by atoms with Gasteiger partial charge in [-0.2, -0.15) is 0 Å². The molecule has 0 spiro atoms. The van der Waals surface area contributed by atoms with E-state index in [2.05, 4.69) is 14.7 Å². The maximum absolute atomic E-state index is 12.9. The molecule has 1 aromatic rings. The zero-order chi connectivity index (χ0) is 14.4. The molecule has 5 nitrogen and oxygen atoms in total. The topological polar surface area (TPSA) is 61.3 Å². The summed E-state index contributed by atoms with van der Waals surface area (Å²) in [5.41, 5.74) is -0.905. The van der Waals surface area contributed by atoms with Crippen molar-refractivity contribution in [2.24, 2.45) is 0 Å². The average Bonchev–Trinajstić information content (AvgIpc) is 2.38. The number of methoxy groups -OCH3 is 1. The lowest BCUT2D eigenvalue weighted by Gasteiger charge is -2.11. The number of hydrogen-bond donors (Lipinski definition) is 0. The van der Waals surface area contributed by atoms with Crippen molar-refractivity contribution >= 4 is 5.97 Å². The van der Waals surface area contributed by atoms with Crippen molar-refractivity contribution in [3.05, 3.63) is 23.3 Å². The van der Waals surface area contributed by atoms with Gasteiger partial charge in [0.15, 0.2) is 0 Å². The van der Waals surface area contributed by atoms with Gasteiger partial charge in [-0.05, 0) is 13.8 Å². The minimum atomic E-state index is -2.86. The van der Waals surface area contributed by atoms with Gasteiger partial charge < -0.3 is 9.47 Å². The Labute approximate surface area is 110 Å². The smallest absolute Gasteiger partial charge is 0.341 e. The van der Waals surface area contributed by atoms with Crippen LogP contribution in [0.1, 0.15) is 42.1 Å². The molecule has 1 rings (SSSR count).